The lowest BCUT2D eigenvalue weighted by Crippen LogP contribution is -1.75. The van der Waals surface area contributed by atoms with Crippen LogP contribution >= 0.6 is 12.2 Å². The van der Waals surface area contributed by atoms with Gasteiger partial charge in [0.2, 0.25) is 0 Å². The zero-order chi connectivity index (χ0) is 9.26. The van der Waals surface area contributed by atoms with Gasteiger partial charge in [0.15, 0.2) is 5.76 Å². The molecule has 0 fully saturated rings. The molecule has 13 heavy (non-hydrogen) atoms. The fourth-order valence-electron chi connectivity index (χ4n) is 1.22. The van der Waals surface area contributed by atoms with Crippen molar-refractivity contribution in [1.82, 2.24) is 5.16 Å². The molecule has 0 bridgehead atoms. The lowest BCUT2D eigenvalue weighted by molar-refractivity contribution is 0.429. The quantitative estimate of drug-likeness (QED) is 0.700. The Hall–Kier alpha value is -1.35. The average Bonchev–Trinajstić information content (AvgIpc) is 2.49. The van der Waals surface area contributed by atoms with Crippen LogP contribution in [0.3, 0.4) is 0 Å². The van der Waals surface area contributed by atoms with Gasteiger partial charge in [-0.1, -0.05) is 42.5 Å². The molecule has 0 aliphatic heterocycles. The number of rotatable bonds is 1. The SMILES string of the molecule is Cc1c(-c2ccccc2)o[nH]c1=S. The van der Waals surface area contributed by atoms with E-state index >= 15 is 0 Å². The molecule has 0 aliphatic carbocycles. The van der Waals surface area contributed by atoms with Crippen LogP contribution in [-0.4, -0.2) is 5.16 Å². The van der Waals surface area contributed by atoms with Crippen molar-refractivity contribution in [2.75, 3.05) is 0 Å². The van der Waals surface area contributed by atoms with Gasteiger partial charge >= 0.3 is 0 Å². The van der Waals surface area contributed by atoms with Gasteiger partial charge < -0.3 is 4.52 Å². The summed E-state index contributed by atoms with van der Waals surface area (Å²) in [5, 5.41) is 2.68. The second-order valence-corrected chi connectivity index (χ2v) is 3.26. The zero-order valence-electron chi connectivity index (χ0n) is 7.20. The maximum atomic E-state index is 5.25. The number of hydrogen-bond donors (Lipinski definition) is 1. The maximum Gasteiger partial charge on any atom is 0.168 e. The van der Waals surface area contributed by atoms with E-state index in [4.69, 9.17) is 16.7 Å². The number of benzene rings is 1. The van der Waals surface area contributed by atoms with Crippen LogP contribution in [0.25, 0.3) is 11.3 Å². The van der Waals surface area contributed by atoms with E-state index < -0.39 is 0 Å². The molecule has 2 aromatic rings. The molecule has 0 amide bonds. The Morgan fingerprint density at radius 1 is 1.23 bits per heavy atom. The largest absolute Gasteiger partial charge is 0.380 e. The van der Waals surface area contributed by atoms with Crippen LogP contribution in [0.5, 0.6) is 0 Å². The van der Waals surface area contributed by atoms with Crippen molar-refractivity contribution in [3.8, 4) is 11.3 Å². The fraction of sp³-hybridized carbons (Fsp3) is 0.100. The molecule has 0 saturated heterocycles. The first-order chi connectivity index (χ1) is 6.29. The van der Waals surface area contributed by atoms with Crippen molar-refractivity contribution >= 4 is 12.2 Å². The monoisotopic (exact) mass is 191 g/mol. The topological polar surface area (TPSA) is 28.9 Å². The molecule has 66 valence electrons. The summed E-state index contributed by atoms with van der Waals surface area (Å²) in [6.07, 6.45) is 0. The highest BCUT2D eigenvalue weighted by atomic mass is 32.1. The van der Waals surface area contributed by atoms with E-state index in [1.54, 1.807) is 0 Å². The minimum absolute atomic E-state index is 0.666. The van der Waals surface area contributed by atoms with Gasteiger partial charge in [-0.15, -0.1) is 0 Å². The molecule has 0 aliphatic rings. The molecule has 0 atom stereocenters. The highest BCUT2D eigenvalue weighted by molar-refractivity contribution is 7.71. The predicted octanol–water partition coefficient (Wildman–Crippen LogP) is 3.31. The molecule has 1 aromatic heterocycles. The Morgan fingerprint density at radius 2 is 1.92 bits per heavy atom. The number of nitrogens with one attached hydrogen (secondary N) is 1. The summed E-state index contributed by atoms with van der Waals surface area (Å²) in [6.45, 7) is 1.95. The highest BCUT2D eigenvalue weighted by Gasteiger charge is 2.06. The summed E-state index contributed by atoms with van der Waals surface area (Å²) in [7, 11) is 0. The van der Waals surface area contributed by atoms with Gasteiger partial charge in [0.1, 0.15) is 4.64 Å². The van der Waals surface area contributed by atoms with Crippen LogP contribution in [0.1, 0.15) is 5.56 Å². The summed E-state index contributed by atoms with van der Waals surface area (Å²) in [5.41, 5.74) is 2.04. The standard InChI is InChI=1S/C10H9NOS/c1-7-9(12-11-10(7)13)8-5-3-2-4-6-8/h2-6H,1H3,(H,11,13). The van der Waals surface area contributed by atoms with Crippen LogP contribution in [0.2, 0.25) is 0 Å². The second kappa shape index (κ2) is 3.18. The molecule has 0 saturated carbocycles. The van der Waals surface area contributed by atoms with Crippen molar-refractivity contribution in [1.29, 1.82) is 0 Å². The number of hydrogen-bond acceptors (Lipinski definition) is 2. The minimum Gasteiger partial charge on any atom is -0.380 e. The second-order valence-electron chi connectivity index (χ2n) is 2.85. The number of aromatic amines is 1. The number of aromatic nitrogens is 1. The molecule has 3 heteroatoms. The van der Waals surface area contributed by atoms with Crippen molar-refractivity contribution in [2.24, 2.45) is 0 Å². The van der Waals surface area contributed by atoms with E-state index in [2.05, 4.69) is 5.16 Å². The molecule has 1 heterocycles. The maximum absolute atomic E-state index is 5.25. The molecular formula is C10H9NOS. The van der Waals surface area contributed by atoms with E-state index in [1.165, 1.54) is 0 Å². The summed E-state index contributed by atoms with van der Waals surface area (Å²) in [6, 6.07) is 9.91. The summed E-state index contributed by atoms with van der Waals surface area (Å²) in [4.78, 5) is 0. The molecular weight excluding hydrogens is 182 g/mol. The third-order valence-electron chi connectivity index (χ3n) is 1.96. The van der Waals surface area contributed by atoms with Gasteiger partial charge in [-0.3, -0.25) is 0 Å². The van der Waals surface area contributed by atoms with Crippen LogP contribution in [0, 0.1) is 11.6 Å². The van der Waals surface area contributed by atoms with E-state index in [1.807, 2.05) is 37.3 Å². The molecule has 0 spiro atoms. The van der Waals surface area contributed by atoms with Crippen LogP contribution in [0.15, 0.2) is 34.9 Å². The minimum atomic E-state index is 0.666. The van der Waals surface area contributed by atoms with Crippen LogP contribution in [-0.2, 0) is 0 Å². The van der Waals surface area contributed by atoms with Gasteiger partial charge in [0.25, 0.3) is 0 Å². The first-order valence-corrected chi connectivity index (χ1v) is 4.43. The molecule has 1 N–H and O–H groups in total. The Bertz CT molecular complexity index is 455. The van der Waals surface area contributed by atoms with E-state index in [0.29, 0.717) is 4.64 Å². The van der Waals surface area contributed by atoms with Crippen molar-refractivity contribution in [3.63, 3.8) is 0 Å². The van der Waals surface area contributed by atoms with Crippen LogP contribution in [0.4, 0.5) is 0 Å². The van der Waals surface area contributed by atoms with Gasteiger partial charge in [0, 0.05) is 11.1 Å². The Morgan fingerprint density at radius 3 is 2.46 bits per heavy atom. The Labute approximate surface area is 81.2 Å². The first kappa shape index (κ1) is 8.26. The summed E-state index contributed by atoms with van der Waals surface area (Å²) < 4.78 is 5.92. The lowest BCUT2D eigenvalue weighted by atomic mass is 10.1. The number of H-pyrrole nitrogens is 1. The van der Waals surface area contributed by atoms with Crippen molar-refractivity contribution in [2.45, 2.75) is 6.92 Å². The highest BCUT2D eigenvalue weighted by Crippen LogP contribution is 2.22. The van der Waals surface area contributed by atoms with Crippen LogP contribution < -0.4 is 0 Å². The molecule has 2 rings (SSSR count). The van der Waals surface area contributed by atoms with Gasteiger partial charge in [-0.2, -0.15) is 0 Å². The van der Waals surface area contributed by atoms with E-state index in [0.717, 1.165) is 16.9 Å². The zero-order valence-corrected chi connectivity index (χ0v) is 8.02. The van der Waals surface area contributed by atoms with Gasteiger partial charge in [-0.05, 0) is 6.92 Å². The molecule has 1 aromatic carbocycles. The molecule has 0 radical (unpaired) electrons. The summed E-state index contributed by atoms with van der Waals surface area (Å²) >= 11 is 5.02. The fourth-order valence-corrected chi connectivity index (χ4v) is 1.35. The van der Waals surface area contributed by atoms with Gasteiger partial charge in [-0.25, -0.2) is 5.16 Å². The van der Waals surface area contributed by atoms with Crippen molar-refractivity contribution < 1.29 is 4.52 Å². The normalized spacial score (nSPS) is 10.2. The van der Waals surface area contributed by atoms with Crippen molar-refractivity contribution in [3.05, 3.63) is 40.5 Å². The van der Waals surface area contributed by atoms with E-state index in [9.17, 15) is 0 Å². The predicted molar refractivity (Wildman–Crippen MR) is 54.1 cm³/mol. The smallest absolute Gasteiger partial charge is 0.168 e. The first-order valence-electron chi connectivity index (χ1n) is 4.02. The Balaban J connectivity index is 2.60. The average molecular weight is 191 g/mol. The van der Waals surface area contributed by atoms with E-state index in [-0.39, 0.29) is 0 Å². The molecule has 2 nitrogen and oxygen atoms in total. The lowest BCUT2D eigenvalue weighted by Gasteiger charge is -1.94. The molecule has 0 unspecified atom stereocenters. The summed E-state index contributed by atoms with van der Waals surface area (Å²) in [5.74, 6) is 0.825. The third-order valence-corrected chi connectivity index (χ3v) is 2.35. The Kier molecular flexibility index (Phi) is 2.02. The third kappa shape index (κ3) is 1.42. The van der Waals surface area contributed by atoms with Gasteiger partial charge in [0.05, 0.1) is 0 Å².